The van der Waals surface area contributed by atoms with Crippen molar-refractivity contribution in [1.82, 2.24) is 15.1 Å². The molecule has 1 rings (SSSR count). The molecule has 1 atom stereocenters. The van der Waals surface area contributed by atoms with Gasteiger partial charge >= 0.3 is 5.69 Å². The fraction of sp³-hybridized carbons (Fsp3) is 0.636. The highest BCUT2D eigenvalue weighted by atomic mass is 16.6. The number of nitrogens with one attached hydrogen (secondary N) is 1. The molecule has 0 bridgehead atoms. The molecular weight excluding hydrogens is 236 g/mol. The molecule has 0 saturated carbocycles. The number of nitrogens with zero attached hydrogens (tertiary/aromatic N) is 3. The zero-order valence-electron chi connectivity index (χ0n) is 11.2. The van der Waals surface area contributed by atoms with Gasteiger partial charge in [0.25, 0.3) is 0 Å². The lowest BCUT2D eigenvalue weighted by atomic mass is 10.2. The van der Waals surface area contributed by atoms with E-state index in [-0.39, 0.29) is 17.6 Å². The Hall–Kier alpha value is -1.92. The third kappa shape index (κ3) is 2.66. The lowest BCUT2D eigenvalue weighted by Gasteiger charge is -2.15. The zero-order valence-corrected chi connectivity index (χ0v) is 11.2. The van der Waals surface area contributed by atoms with E-state index in [0.717, 1.165) is 0 Å². The van der Waals surface area contributed by atoms with Crippen molar-refractivity contribution in [3.8, 4) is 0 Å². The molecule has 100 valence electrons. The molecule has 1 amide bonds. The molecule has 0 aliphatic heterocycles. The molecule has 0 aromatic carbocycles. The fourth-order valence-corrected chi connectivity index (χ4v) is 1.81. The highest BCUT2D eigenvalue weighted by Gasteiger charge is 2.27. The normalized spacial score (nSPS) is 12.6. The van der Waals surface area contributed by atoms with E-state index in [1.807, 2.05) is 13.8 Å². The lowest BCUT2D eigenvalue weighted by Crippen LogP contribution is -2.36. The molecule has 0 fully saturated rings. The maximum Gasteiger partial charge on any atom is 0.312 e. The number of carbonyl (C=O) groups excluding carboxylic acids is 1. The summed E-state index contributed by atoms with van der Waals surface area (Å²) in [7, 11) is 0. The first kappa shape index (κ1) is 14.1. The summed E-state index contributed by atoms with van der Waals surface area (Å²) in [4.78, 5) is 22.3. The number of amides is 1. The number of hydrogen-bond acceptors (Lipinski definition) is 4. The summed E-state index contributed by atoms with van der Waals surface area (Å²) in [6.07, 6.45) is 0. The summed E-state index contributed by atoms with van der Waals surface area (Å²) in [5.74, 6) is -0.203. The standard InChI is InChI=1S/C11H18N4O3/c1-6(2)12-11(16)9(5)14-8(4)10(15(17)18)7(3)13-14/h6,9H,1-5H3,(H,12,16). The second kappa shape index (κ2) is 5.16. The van der Waals surface area contributed by atoms with E-state index in [2.05, 4.69) is 10.4 Å². The van der Waals surface area contributed by atoms with E-state index in [1.54, 1.807) is 20.8 Å². The highest BCUT2D eigenvalue weighted by Crippen LogP contribution is 2.24. The van der Waals surface area contributed by atoms with Crippen LogP contribution in [0.2, 0.25) is 0 Å². The predicted octanol–water partition coefficient (Wildman–Crippen LogP) is 1.49. The highest BCUT2D eigenvalue weighted by molar-refractivity contribution is 5.80. The van der Waals surface area contributed by atoms with Gasteiger partial charge in [0.05, 0.1) is 4.92 Å². The number of aryl methyl sites for hydroxylation is 1. The van der Waals surface area contributed by atoms with E-state index >= 15 is 0 Å². The maximum atomic E-state index is 11.9. The van der Waals surface area contributed by atoms with E-state index < -0.39 is 11.0 Å². The molecule has 1 aromatic rings. The van der Waals surface area contributed by atoms with Gasteiger partial charge in [-0.05, 0) is 34.6 Å². The van der Waals surface area contributed by atoms with Crippen molar-refractivity contribution in [1.29, 1.82) is 0 Å². The van der Waals surface area contributed by atoms with Gasteiger partial charge in [0.15, 0.2) is 0 Å². The first-order valence-corrected chi connectivity index (χ1v) is 5.76. The summed E-state index contributed by atoms with van der Waals surface area (Å²) in [5, 5.41) is 17.7. The van der Waals surface area contributed by atoms with Crippen LogP contribution >= 0.6 is 0 Å². The largest absolute Gasteiger partial charge is 0.352 e. The van der Waals surface area contributed by atoms with Crippen LogP contribution in [-0.4, -0.2) is 26.7 Å². The number of carbonyl (C=O) groups is 1. The molecule has 0 aliphatic rings. The van der Waals surface area contributed by atoms with Gasteiger partial charge < -0.3 is 5.32 Å². The number of hydrogen-bond donors (Lipinski definition) is 1. The van der Waals surface area contributed by atoms with Gasteiger partial charge in [-0.15, -0.1) is 0 Å². The first-order valence-electron chi connectivity index (χ1n) is 5.76. The van der Waals surface area contributed by atoms with Gasteiger partial charge in [0.1, 0.15) is 17.4 Å². The smallest absolute Gasteiger partial charge is 0.312 e. The van der Waals surface area contributed by atoms with Crippen LogP contribution in [0.25, 0.3) is 0 Å². The van der Waals surface area contributed by atoms with Gasteiger partial charge in [0, 0.05) is 6.04 Å². The molecule has 1 unspecified atom stereocenters. The Morgan fingerprint density at radius 3 is 2.33 bits per heavy atom. The molecule has 7 heteroatoms. The number of nitro groups is 1. The Balaban J connectivity index is 3.07. The molecule has 1 aromatic heterocycles. The van der Waals surface area contributed by atoms with Crippen LogP contribution < -0.4 is 5.32 Å². The van der Waals surface area contributed by atoms with Gasteiger partial charge in [-0.25, -0.2) is 0 Å². The van der Waals surface area contributed by atoms with Crippen molar-refractivity contribution in [3.05, 3.63) is 21.5 Å². The van der Waals surface area contributed by atoms with Crippen LogP contribution in [0.1, 0.15) is 38.2 Å². The monoisotopic (exact) mass is 254 g/mol. The SMILES string of the molecule is Cc1nn(C(C)C(=O)NC(C)C)c(C)c1[N+](=O)[O-]. The molecule has 0 aliphatic carbocycles. The fourth-order valence-electron chi connectivity index (χ4n) is 1.81. The molecule has 7 nitrogen and oxygen atoms in total. The summed E-state index contributed by atoms with van der Waals surface area (Å²) in [6.45, 7) is 8.54. The maximum absolute atomic E-state index is 11.9. The summed E-state index contributed by atoms with van der Waals surface area (Å²) in [5.41, 5.74) is 0.685. The van der Waals surface area contributed by atoms with E-state index in [1.165, 1.54) is 4.68 Å². The van der Waals surface area contributed by atoms with Crippen LogP contribution in [0.5, 0.6) is 0 Å². The molecule has 0 radical (unpaired) electrons. The van der Waals surface area contributed by atoms with Crippen molar-refractivity contribution in [3.63, 3.8) is 0 Å². The third-order valence-corrected chi connectivity index (χ3v) is 2.65. The Kier molecular flexibility index (Phi) is 4.05. The molecule has 0 spiro atoms. The Morgan fingerprint density at radius 2 is 1.94 bits per heavy atom. The third-order valence-electron chi connectivity index (χ3n) is 2.65. The Morgan fingerprint density at radius 1 is 1.39 bits per heavy atom. The van der Waals surface area contributed by atoms with E-state index in [0.29, 0.717) is 11.4 Å². The second-order valence-electron chi connectivity index (χ2n) is 4.56. The number of aromatic nitrogens is 2. The Bertz CT molecular complexity index is 479. The molecular formula is C11H18N4O3. The van der Waals surface area contributed by atoms with Crippen LogP contribution in [0.15, 0.2) is 0 Å². The van der Waals surface area contributed by atoms with Crippen LogP contribution in [0.4, 0.5) is 5.69 Å². The Labute approximate surface area is 105 Å². The minimum Gasteiger partial charge on any atom is -0.352 e. The van der Waals surface area contributed by atoms with Crippen molar-refractivity contribution >= 4 is 11.6 Å². The summed E-state index contributed by atoms with van der Waals surface area (Å²) in [6, 6.07) is -0.549. The molecule has 0 saturated heterocycles. The van der Waals surface area contributed by atoms with Gasteiger partial charge in [0.2, 0.25) is 5.91 Å². The summed E-state index contributed by atoms with van der Waals surface area (Å²) < 4.78 is 1.39. The lowest BCUT2D eigenvalue weighted by molar-refractivity contribution is -0.386. The quantitative estimate of drug-likeness (QED) is 0.651. The van der Waals surface area contributed by atoms with Gasteiger partial charge in [-0.3, -0.25) is 19.6 Å². The van der Waals surface area contributed by atoms with E-state index in [9.17, 15) is 14.9 Å². The predicted molar refractivity (Wildman–Crippen MR) is 66.3 cm³/mol. The van der Waals surface area contributed by atoms with Crippen molar-refractivity contribution in [2.45, 2.75) is 46.7 Å². The molecule has 1 heterocycles. The minimum absolute atomic E-state index is 0.0203. The average molecular weight is 254 g/mol. The minimum atomic E-state index is -0.570. The van der Waals surface area contributed by atoms with Crippen molar-refractivity contribution in [2.24, 2.45) is 0 Å². The molecule has 18 heavy (non-hydrogen) atoms. The average Bonchev–Trinajstić information content (AvgIpc) is 2.51. The number of rotatable bonds is 4. The first-order chi connectivity index (χ1) is 8.25. The van der Waals surface area contributed by atoms with Crippen molar-refractivity contribution < 1.29 is 9.72 Å². The van der Waals surface area contributed by atoms with Gasteiger partial charge in [-0.2, -0.15) is 5.10 Å². The van der Waals surface area contributed by atoms with Gasteiger partial charge in [-0.1, -0.05) is 0 Å². The van der Waals surface area contributed by atoms with Crippen LogP contribution in [0.3, 0.4) is 0 Å². The molecule has 1 N–H and O–H groups in total. The second-order valence-corrected chi connectivity index (χ2v) is 4.56. The topological polar surface area (TPSA) is 90.1 Å². The van der Waals surface area contributed by atoms with Crippen molar-refractivity contribution in [2.75, 3.05) is 0 Å². The summed E-state index contributed by atoms with van der Waals surface area (Å²) >= 11 is 0. The van der Waals surface area contributed by atoms with Crippen LogP contribution in [-0.2, 0) is 4.79 Å². The zero-order chi connectivity index (χ0) is 14.0. The van der Waals surface area contributed by atoms with Crippen LogP contribution in [0, 0.1) is 24.0 Å². The van der Waals surface area contributed by atoms with E-state index in [4.69, 9.17) is 0 Å².